The number of imide groups is 1. The highest BCUT2D eigenvalue weighted by molar-refractivity contribution is 6.35. The number of carbonyl (C=O) groups is 3. The SMILES string of the molecule is CC(C)(C)OC(=O)N1CCC(CNc2ccc(F)cc2N2C(=O)c3ccccc3C2=O)CC1. The van der Waals surface area contributed by atoms with Crippen molar-refractivity contribution in [2.75, 3.05) is 29.9 Å². The molecule has 2 aliphatic heterocycles. The lowest BCUT2D eigenvalue weighted by Gasteiger charge is -2.33. The van der Waals surface area contributed by atoms with Gasteiger partial charge in [-0.1, -0.05) is 12.1 Å². The number of nitrogens with one attached hydrogen (secondary N) is 1. The number of fused-ring (bicyclic) bond motifs is 1. The first-order chi connectivity index (χ1) is 15.6. The molecule has 8 heteroatoms. The Balaban J connectivity index is 1.42. The molecule has 2 aromatic carbocycles. The fourth-order valence-corrected chi connectivity index (χ4v) is 4.15. The molecule has 0 aliphatic carbocycles. The zero-order valence-corrected chi connectivity index (χ0v) is 19.1. The lowest BCUT2D eigenvalue weighted by molar-refractivity contribution is 0.0188. The minimum Gasteiger partial charge on any atom is -0.444 e. The predicted molar refractivity (Wildman–Crippen MR) is 123 cm³/mol. The Labute approximate surface area is 192 Å². The molecular weight excluding hydrogens is 425 g/mol. The van der Waals surface area contributed by atoms with Gasteiger partial charge < -0.3 is 15.0 Å². The van der Waals surface area contributed by atoms with Crippen LogP contribution in [0.5, 0.6) is 0 Å². The number of benzene rings is 2. The summed E-state index contributed by atoms with van der Waals surface area (Å²) in [7, 11) is 0. The second-order valence-electron chi connectivity index (χ2n) is 9.44. The van der Waals surface area contributed by atoms with E-state index in [2.05, 4.69) is 5.32 Å². The Morgan fingerprint density at radius 1 is 1.06 bits per heavy atom. The van der Waals surface area contributed by atoms with Crippen LogP contribution in [0.2, 0.25) is 0 Å². The standard InChI is InChI=1S/C25H28FN3O4/c1-25(2,3)33-24(32)28-12-10-16(11-13-28)15-27-20-9-8-17(26)14-21(20)29-22(30)18-6-4-5-7-19(18)23(29)31/h4-9,14,16,27H,10-13,15H2,1-3H3. The number of rotatable bonds is 4. The fraction of sp³-hybridized carbons (Fsp3) is 0.400. The van der Waals surface area contributed by atoms with E-state index in [-0.39, 0.29) is 17.7 Å². The number of nitrogens with zero attached hydrogens (tertiary/aromatic N) is 2. The van der Waals surface area contributed by atoms with Gasteiger partial charge in [0.1, 0.15) is 11.4 Å². The summed E-state index contributed by atoms with van der Waals surface area (Å²) in [5, 5.41) is 3.29. The predicted octanol–water partition coefficient (Wildman–Crippen LogP) is 4.69. The summed E-state index contributed by atoms with van der Waals surface area (Å²) in [5.74, 6) is -1.17. The highest BCUT2D eigenvalue weighted by Gasteiger charge is 2.37. The molecule has 7 nitrogen and oxygen atoms in total. The number of piperidine rings is 1. The topological polar surface area (TPSA) is 79.0 Å². The van der Waals surface area contributed by atoms with Gasteiger partial charge in [0.15, 0.2) is 0 Å². The van der Waals surface area contributed by atoms with Crippen LogP contribution in [0.1, 0.15) is 54.3 Å². The molecule has 0 atom stereocenters. The molecule has 174 valence electrons. The molecule has 1 saturated heterocycles. The first-order valence-electron chi connectivity index (χ1n) is 11.1. The van der Waals surface area contributed by atoms with Gasteiger partial charge in [-0.05, 0) is 63.8 Å². The maximum atomic E-state index is 14.1. The molecule has 0 unspecified atom stereocenters. The first kappa shape index (κ1) is 22.8. The Hall–Kier alpha value is -3.42. The maximum Gasteiger partial charge on any atom is 0.410 e. The highest BCUT2D eigenvalue weighted by Crippen LogP contribution is 2.34. The van der Waals surface area contributed by atoms with E-state index >= 15 is 0 Å². The quantitative estimate of drug-likeness (QED) is 0.680. The normalized spacial score (nSPS) is 16.7. The van der Waals surface area contributed by atoms with Crippen molar-refractivity contribution in [3.63, 3.8) is 0 Å². The second-order valence-corrected chi connectivity index (χ2v) is 9.44. The number of carbonyl (C=O) groups excluding carboxylic acids is 3. The Kier molecular flexibility index (Phi) is 6.10. The summed E-state index contributed by atoms with van der Waals surface area (Å²) in [6.07, 6.45) is 1.27. The molecule has 1 fully saturated rings. The van der Waals surface area contributed by atoms with Crippen LogP contribution in [0.25, 0.3) is 0 Å². The average molecular weight is 454 g/mol. The summed E-state index contributed by atoms with van der Waals surface area (Å²) in [4.78, 5) is 40.8. The summed E-state index contributed by atoms with van der Waals surface area (Å²) in [6, 6.07) is 10.6. The zero-order chi connectivity index (χ0) is 23.8. The maximum absolute atomic E-state index is 14.1. The zero-order valence-electron chi connectivity index (χ0n) is 19.1. The van der Waals surface area contributed by atoms with Crippen molar-refractivity contribution < 1.29 is 23.5 Å². The number of anilines is 2. The van der Waals surface area contributed by atoms with E-state index in [1.165, 1.54) is 12.1 Å². The van der Waals surface area contributed by atoms with Gasteiger partial charge in [0.25, 0.3) is 11.8 Å². The van der Waals surface area contributed by atoms with E-state index in [9.17, 15) is 18.8 Å². The van der Waals surface area contributed by atoms with Gasteiger partial charge in [-0.2, -0.15) is 0 Å². The molecule has 2 aromatic rings. The summed E-state index contributed by atoms with van der Waals surface area (Å²) in [6.45, 7) is 7.29. The molecule has 3 amide bonds. The summed E-state index contributed by atoms with van der Waals surface area (Å²) < 4.78 is 19.5. The molecular formula is C25H28FN3O4. The van der Waals surface area contributed by atoms with Gasteiger partial charge in [-0.15, -0.1) is 0 Å². The molecule has 2 aliphatic rings. The van der Waals surface area contributed by atoms with Crippen molar-refractivity contribution in [3.05, 3.63) is 59.4 Å². The van der Waals surface area contributed by atoms with E-state index in [1.807, 2.05) is 20.8 Å². The van der Waals surface area contributed by atoms with E-state index in [4.69, 9.17) is 4.74 Å². The lowest BCUT2D eigenvalue weighted by Crippen LogP contribution is -2.42. The largest absolute Gasteiger partial charge is 0.444 e. The monoisotopic (exact) mass is 453 g/mol. The first-order valence-corrected chi connectivity index (χ1v) is 11.1. The summed E-state index contributed by atoms with van der Waals surface area (Å²) in [5.41, 5.74) is 0.811. The number of amides is 3. The third kappa shape index (κ3) is 4.84. The van der Waals surface area contributed by atoms with Crippen LogP contribution < -0.4 is 10.2 Å². The fourth-order valence-electron chi connectivity index (χ4n) is 4.15. The third-order valence-electron chi connectivity index (χ3n) is 5.84. The molecule has 0 bridgehead atoms. The minimum absolute atomic E-state index is 0.201. The molecule has 0 spiro atoms. The van der Waals surface area contributed by atoms with Gasteiger partial charge in [0, 0.05) is 25.7 Å². The Bertz CT molecular complexity index is 1050. The van der Waals surface area contributed by atoms with Crippen molar-refractivity contribution in [1.29, 1.82) is 0 Å². The van der Waals surface area contributed by atoms with Crippen LogP contribution >= 0.6 is 0 Å². The number of likely N-dealkylation sites (tertiary alicyclic amines) is 1. The van der Waals surface area contributed by atoms with Gasteiger partial charge in [-0.3, -0.25) is 9.59 Å². The third-order valence-corrected chi connectivity index (χ3v) is 5.84. The Morgan fingerprint density at radius 2 is 1.67 bits per heavy atom. The minimum atomic E-state index is -0.530. The lowest BCUT2D eigenvalue weighted by atomic mass is 9.97. The van der Waals surface area contributed by atoms with E-state index in [0.717, 1.165) is 17.7 Å². The van der Waals surface area contributed by atoms with Crippen molar-refractivity contribution in [2.24, 2.45) is 5.92 Å². The average Bonchev–Trinajstić information content (AvgIpc) is 3.02. The van der Waals surface area contributed by atoms with Crippen LogP contribution in [-0.4, -0.2) is 48.0 Å². The number of hydrogen-bond acceptors (Lipinski definition) is 5. The van der Waals surface area contributed by atoms with Gasteiger partial charge in [0.2, 0.25) is 0 Å². The second kappa shape index (κ2) is 8.84. The van der Waals surface area contributed by atoms with Crippen LogP contribution in [0.4, 0.5) is 20.6 Å². The molecule has 0 radical (unpaired) electrons. The van der Waals surface area contributed by atoms with Gasteiger partial charge in [-0.25, -0.2) is 14.1 Å². The molecule has 33 heavy (non-hydrogen) atoms. The van der Waals surface area contributed by atoms with Crippen LogP contribution in [0.15, 0.2) is 42.5 Å². The van der Waals surface area contributed by atoms with Crippen LogP contribution in [0.3, 0.4) is 0 Å². The van der Waals surface area contributed by atoms with Crippen molar-refractivity contribution in [2.45, 2.75) is 39.2 Å². The van der Waals surface area contributed by atoms with Crippen molar-refractivity contribution in [3.8, 4) is 0 Å². The van der Waals surface area contributed by atoms with Crippen LogP contribution in [0, 0.1) is 11.7 Å². The molecule has 0 aromatic heterocycles. The smallest absolute Gasteiger partial charge is 0.410 e. The van der Waals surface area contributed by atoms with E-state index in [0.29, 0.717) is 36.4 Å². The number of hydrogen-bond donors (Lipinski definition) is 1. The van der Waals surface area contributed by atoms with Gasteiger partial charge in [0.05, 0.1) is 22.5 Å². The highest BCUT2D eigenvalue weighted by atomic mass is 19.1. The van der Waals surface area contributed by atoms with E-state index < -0.39 is 23.2 Å². The molecule has 0 saturated carbocycles. The van der Waals surface area contributed by atoms with E-state index in [1.54, 1.807) is 35.2 Å². The molecule has 1 N–H and O–H groups in total. The van der Waals surface area contributed by atoms with Crippen molar-refractivity contribution >= 4 is 29.3 Å². The molecule has 2 heterocycles. The van der Waals surface area contributed by atoms with Gasteiger partial charge >= 0.3 is 6.09 Å². The molecule has 4 rings (SSSR count). The number of ether oxygens (including phenoxy) is 1. The number of halogens is 1. The van der Waals surface area contributed by atoms with Crippen LogP contribution in [-0.2, 0) is 4.74 Å². The summed E-state index contributed by atoms with van der Waals surface area (Å²) >= 11 is 0. The Morgan fingerprint density at radius 3 is 2.24 bits per heavy atom. The van der Waals surface area contributed by atoms with Crippen molar-refractivity contribution in [1.82, 2.24) is 4.90 Å².